The average molecular weight is 447 g/mol. The first kappa shape index (κ1) is 24.6. The number of pyridine rings is 1. The quantitative estimate of drug-likeness (QED) is 0.364. The van der Waals surface area contributed by atoms with Crippen molar-refractivity contribution in [2.24, 2.45) is 0 Å². The van der Waals surface area contributed by atoms with E-state index in [1.807, 2.05) is 20.8 Å². The van der Waals surface area contributed by atoms with Gasteiger partial charge >= 0.3 is 6.18 Å². The van der Waals surface area contributed by atoms with Crippen LogP contribution in [0.3, 0.4) is 0 Å². The van der Waals surface area contributed by atoms with Gasteiger partial charge < -0.3 is 15.4 Å². The number of aromatic nitrogens is 1. The zero-order valence-electron chi connectivity index (χ0n) is 18.1. The Balaban J connectivity index is 2.43. The molecule has 0 aliphatic carbocycles. The summed E-state index contributed by atoms with van der Waals surface area (Å²) in [7, 11) is 1.66. The van der Waals surface area contributed by atoms with E-state index < -0.39 is 17.8 Å². The zero-order chi connectivity index (χ0) is 23.9. The highest BCUT2D eigenvalue weighted by Crippen LogP contribution is 2.33. The molecule has 0 saturated carbocycles. The number of hydrogen-bond acceptors (Lipinski definition) is 5. The summed E-state index contributed by atoms with van der Waals surface area (Å²) in [5, 5.41) is 5.35. The number of allylic oxidation sites excluding steroid dienone is 2. The maximum Gasteiger partial charge on any atom is 0.433 e. The summed E-state index contributed by atoms with van der Waals surface area (Å²) >= 11 is 0. The van der Waals surface area contributed by atoms with Crippen molar-refractivity contribution >= 4 is 12.2 Å². The third-order valence-electron chi connectivity index (χ3n) is 4.28. The molecule has 0 atom stereocenters. The Labute approximate surface area is 184 Å². The predicted octanol–water partition coefficient (Wildman–Crippen LogP) is 4.74. The Kier molecular flexibility index (Phi) is 7.80. The van der Waals surface area contributed by atoms with Crippen molar-refractivity contribution in [3.8, 4) is 11.5 Å². The normalized spacial score (nSPS) is 12.5. The van der Waals surface area contributed by atoms with Gasteiger partial charge in [-0.3, -0.25) is 9.59 Å². The molecule has 0 fully saturated rings. The van der Waals surface area contributed by atoms with Gasteiger partial charge in [-0.15, -0.1) is 0 Å². The summed E-state index contributed by atoms with van der Waals surface area (Å²) in [5.74, 6) is -0.384. The van der Waals surface area contributed by atoms with Crippen molar-refractivity contribution in [3.63, 3.8) is 0 Å². The van der Waals surface area contributed by atoms with Crippen LogP contribution in [0.15, 0.2) is 60.6 Å². The second kappa shape index (κ2) is 10.1. The summed E-state index contributed by atoms with van der Waals surface area (Å²) in [4.78, 5) is 27.1. The van der Waals surface area contributed by atoms with Crippen LogP contribution in [-0.2, 0) is 16.4 Å². The molecular formula is C23H24F3N3O3. The summed E-state index contributed by atoms with van der Waals surface area (Å²) in [6.45, 7) is 5.91. The van der Waals surface area contributed by atoms with Gasteiger partial charge in [0.15, 0.2) is 0 Å². The fourth-order valence-electron chi connectivity index (χ4n) is 2.58. The molecule has 1 heterocycles. The first-order valence-corrected chi connectivity index (χ1v) is 9.62. The molecule has 6 nitrogen and oxygen atoms in total. The number of benzene rings is 1. The van der Waals surface area contributed by atoms with Crippen LogP contribution in [0.5, 0.6) is 11.5 Å². The molecule has 1 aromatic carbocycles. The van der Waals surface area contributed by atoms with Gasteiger partial charge in [0.2, 0.25) is 0 Å². The van der Waals surface area contributed by atoms with Crippen molar-refractivity contribution < 1.29 is 27.5 Å². The lowest BCUT2D eigenvalue weighted by molar-refractivity contribution is -0.141. The highest BCUT2D eigenvalue weighted by atomic mass is 19.4. The maximum atomic E-state index is 12.9. The van der Waals surface area contributed by atoms with Crippen LogP contribution in [0.1, 0.15) is 42.4 Å². The van der Waals surface area contributed by atoms with Gasteiger partial charge in [-0.1, -0.05) is 26.8 Å². The second-order valence-corrected chi connectivity index (χ2v) is 7.77. The van der Waals surface area contributed by atoms with E-state index in [1.165, 1.54) is 18.4 Å². The van der Waals surface area contributed by atoms with E-state index in [2.05, 4.69) is 15.6 Å². The van der Waals surface area contributed by atoms with E-state index in [1.54, 1.807) is 25.2 Å². The molecule has 170 valence electrons. The Morgan fingerprint density at radius 2 is 1.84 bits per heavy atom. The monoisotopic (exact) mass is 447 g/mol. The van der Waals surface area contributed by atoms with Crippen LogP contribution >= 0.6 is 0 Å². The van der Waals surface area contributed by atoms with Crippen molar-refractivity contribution in [1.29, 1.82) is 0 Å². The molecule has 0 radical (unpaired) electrons. The van der Waals surface area contributed by atoms with E-state index in [0.717, 1.165) is 23.9 Å². The zero-order valence-corrected chi connectivity index (χ0v) is 18.1. The highest BCUT2D eigenvalue weighted by Gasteiger charge is 2.32. The summed E-state index contributed by atoms with van der Waals surface area (Å²) in [5.41, 5.74) is -0.105. The van der Waals surface area contributed by atoms with E-state index in [9.17, 15) is 22.8 Å². The van der Waals surface area contributed by atoms with E-state index in [4.69, 9.17) is 4.74 Å². The number of nitrogens with one attached hydrogen (secondary N) is 2. The van der Waals surface area contributed by atoms with E-state index >= 15 is 0 Å². The third-order valence-corrected chi connectivity index (χ3v) is 4.28. The van der Waals surface area contributed by atoms with Crippen LogP contribution in [-0.4, -0.2) is 24.2 Å². The second-order valence-electron chi connectivity index (χ2n) is 7.77. The van der Waals surface area contributed by atoms with Gasteiger partial charge in [0.25, 0.3) is 5.91 Å². The minimum absolute atomic E-state index is 0.0387. The van der Waals surface area contributed by atoms with Gasteiger partial charge in [-0.25, -0.2) is 4.98 Å². The maximum absolute atomic E-state index is 12.9. The van der Waals surface area contributed by atoms with Crippen molar-refractivity contribution in [2.75, 3.05) is 7.05 Å². The fraction of sp³-hybridized carbons (Fsp3) is 0.261. The van der Waals surface area contributed by atoms with Crippen molar-refractivity contribution in [1.82, 2.24) is 15.6 Å². The smallest absolute Gasteiger partial charge is 0.433 e. The molecule has 0 bridgehead atoms. The molecule has 1 aromatic heterocycles. The SMILES string of the molecule is CN/C=C\C(=C/C=O)NC(=O)c1ccc(C(C)(C)C)cc1Oc1ccc(C(F)(F)F)nc1. The summed E-state index contributed by atoms with van der Waals surface area (Å²) < 4.78 is 44.1. The van der Waals surface area contributed by atoms with Gasteiger partial charge in [0, 0.05) is 18.8 Å². The standard InChI is InChI=1S/C23H24F3N3O3/c1-22(2,3)15-5-7-18(21(31)29-16(10-12-30)9-11-27-4)19(13-15)32-17-6-8-20(28-14-17)23(24,25)26/h5-14,27H,1-4H3,(H,29,31)/b11-9-,16-10+. The lowest BCUT2D eigenvalue weighted by Gasteiger charge is -2.21. The molecule has 2 aromatic rings. The van der Waals surface area contributed by atoms with Gasteiger partial charge in [-0.2, -0.15) is 13.2 Å². The number of aldehydes is 1. The molecule has 0 saturated heterocycles. The fourth-order valence-corrected chi connectivity index (χ4v) is 2.58. The van der Waals surface area contributed by atoms with E-state index in [-0.39, 0.29) is 28.2 Å². The van der Waals surface area contributed by atoms with Crippen molar-refractivity contribution in [2.45, 2.75) is 32.4 Å². The Morgan fingerprint density at radius 1 is 1.12 bits per heavy atom. The minimum Gasteiger partial charge on any atom is -0.455 e. The number of carbonyl (C=O) groups excluding carboxylic acids is 2. The van der Waals surface area contributed by atoms with Crippen LogP contribution in [0.2, 0.25) is 0 Å². The van der Waals surface area contributed by atoms with E-state index in [0.29, 0.717) is 6.29 Å². The molecule has 2 rings (SSSR count). The van der Waals surface area contributed by atoms with Gasteiger partial charge in [0.05, 0.1) is 11.8 Å². The molecule has 0 aliphatic rings. The van der Waals surface area contributed by atoms with Crippen LogP contribution in [0.4, 0.5) is 13.2 Å². The number of ether oxygens (including phenoxy) is 1. The molecule has 0 unspecified atom stereocenters. The number of carbonyl (C=O) groups is 2. The number of rotatable bonds is 7. The van der Waals surface area contributed by atoms with Crippen LogP contribution in [0.25, 0.3) is 0 Å². The minimum atomic E-state index is -4.57. The number of amides is 1. The summed E-state index contributed by atoms with van der Waals surface area (Å²) in [6.07, 6.45) is 1.11. The van der Waals surface area contributed by atoms with Crippen molar-refractivity contribution in [3.05, 3.63) is 77.4 Å². The van der Waals surface area contributed by atoms with Gasteiger partial charge in [-0.05, 0) is 47.5 Å². The molecule has 32 heavy (non-hydrogen) atoms. The molecule has 1 amide bonds. The Hall–Kier alpha value is -3.62. The Bertz CT molecular complexity index is 1020. The molecule has 0 spiro atoms. The predicted molar refractivity (Wildman–Crippen MR) is 114 cm³/mol. The first-order valence-electron chi connectivity index (χ1n) is 9.62. The highest BCUT2D eigenvalue weighted by molar-refractivity contribution is 5.98. The van der Waals surface area contributed by atoms with Crippen LogP contribution in [0, 0.1) is 0 Å². The molecule has 2 N–H and O–H groups in total. The summed E-state index contributed by atoms with van der Waals surface area (Å²) in [6, 6.07) is 6.91. The third kappa shape index (κ3) is 6.69. The number of alkyl halides is 3. The lowest BCUT2D eigenvalue weighted by atomic mass is 9.86. The Morgan fingerprint density at radius 3 is 2.38 bits per heavy atom. The van der Waals surface area contributed by atoms with Crippen LogP contribution < -0.4 is 15.4 Å². The number of hydrogen-bond donors (Lipinski definition) is 2. The lowest BCUT2D eigenvalue weighted by Crippen LogP contribution is -2.23. The average Bonchev–Trinajstić information content (AvgIpc) is 2.71. The topological polar surface area (TPSA) is 80.3 Å². The first-order chi connectivity index (χ1) is 15.0. The molecule has 9 heteroatoms. The van der Waals surface area contributed by atoms with Gasteiger partial charge in [0.1, 0.15) is 23.5 Å². The molecule has 0 aliphatic heterocycles. The largest absolute Gasteiger partial charge is 0.455 e. The molecular weight excluding hydrogens is 423 g/mol. The number of halogens is 3. The number of nitrogens with zero attached hydrogens (tertiary/aromatic N) is 1.